The van der Waals surface area contributed by atoms with Gasteiger partial charge in [0, 0.05) is 0 Å². The quantitative estimate of drug-likeness (QED) is 0.240. The molecule has 40 heavy (non-hydrogen) atoms. The first kappa shape index (κ1) is 27.5. The van der Waals surface area contributed by atoms with Crippen molar-refractivity contribution < 1.29 is 19.1 Å². The summed E-state index contributed by atoms with van der Waals surface area (Å²) in [4.78, 5) is 31.4. The van der Waals surface area contributed by atoms with Gasteiger partial charge >= 0.3 is 242 Å². The van der Waals surface area contributed by atoms with Crippen LogP contribution in [0.25, 0.3) is 0 Å². The summed E-state index contributed by atoms with van der Waals surface area (Å²) in [7, 11) is 1.63. The molecule has 204 valence electrons. The molecule has 4 aromatic rings. The zero-order chi connectivity index (χ0) is 27.8. The van der Waals surface area contributed by atoms with Gasteiger partial charge in [-0.15, -0.1) is 0 Å². The van der Waals surface area contributed by atoms with E-state index in [-0.39, 0.29) is 33.6 Å². The van der Waals surface area contributed by atoms with E-state index in [4.69, 9.17) is 9.47 Å². The van der Waals surface area contributed by atoms with Gasteiger partial charge in [0.2, 0.25) is 0 Å². The molecule has 0 N–H and O–H groups in total. The first-order valence-corrected chi connectivity index (χ1v) is 15.0. The van der Waals surface area contributed by atoms with Gasteiger partial charge in [0.05, 0.1) is 0 Å². The van der Waals surface area contributed by atoms with Crippen LogP contribution in [0.5, 0.6) is 5.75 Å². The molecule has 0 radical (unpaired) electrons. The van der Waals surface area contributed by atoms with E-state index in [2.05, 4.69) is 12.1 Å². The number of anilines is 1. The van der Waals surface area contributed by atoms with Crippen molar-refractivity contribution >= 4 is 37.1 Å². The molecule has 0 saturated carbocycles. The zero-order valence-corrected chi connectivity index (χ0v) is 24.2. The second-order valence-corrected chi connectivity index (χ2v) is 12.8. The Balaban J connectivity index is 1.44. The maximum atomic E-state index is 14.7. The van der Waals surface area contributed by atoms with E-state index in [1.54, 1.807) is 12.0 Å². The van der Waals surface area contributed by atoms with Gasteiger partial charge in [-0.25, -0.2) is 0 Å². The van der Waals surface area contributed by atoms with Crippen LogP contribution in [0.15, 0.2) is 115 Å². The van der Waals surface area contributed by atoms with E-state index in [9.17, 15) is 9.59 Å². The van der Waals surface area contributed by atoms with Crippen LogP contribution in [-0.4, -0.2) is 52.1 Å². The molecule has 2 amide bonds. The molecule has 1 aliphatic rings. The summed E-state index contributed by atoms with van der Waals surface area (Å²) in [6, 6.07) is 37.3. The predicted octanol–water partition coefficient (Wildman–Crippen LogP) is 5.46. The zero-order valence-electron chi connectivity index (χ0n) is 22.4. The Kier molecular flexibility index (Phi) is 8.84. The van der Waals surface area contributed by atoms with Gasteiger partial charge in [0.1, 0.15) is 0 Å². The fraction of sp³-hybridized carbons (Fsp3) is 0.212. The van der Waals surface area contributed by atoms with Gasteiger partial charge in [-0.3, -0.25) is 0 Å². The summed E-state index contributed by atoms with van der Waals surface area (Å²) in [5.41, 5.74) is 2.76. The molecule has 1 atom stereocenters. The van der Waals surface area contributed by atoms with Crippen LogP contribution in [0, 0.1) is 0 Å². The van der Waals surface area contributed by atoms with Crippen LogP contribution in [-0.2, 0) is 22.7 Å². The fourth-order valence-electron chi connectivity index (χ4n) is 4.82. The average Bonchev–Trinajstić information content (AvgIpc) is 3.45. The molecular weight excluding hydrogens is 567 g/mol. The second kappa shape index (κ2) is 12.9. The van der Waals surface area contributed by atoms with Crippen molar-refractivity contribution in [2.75, 3.05) is 25.1 Å². The van der Waals surface area contributed by atoms with E-state index in [0.29, 0.717) is 26.1 Å². The molecule has 0 aliphatic carbocycles. The van der Waals surface area contributed by atoms with Gasteiger partial charge < -0.3 is 0 Å². The van der Waals surface area contributed by atoms with Crippen molar-refractivity contribution in [3.05, 3.63) is 126 Å². The SMILES string of the molecule is COc1ccc(N(Cc2ccccc2)C(=O)C2([Se]c3ccccc3)CCN(C(=O)OCc3ccccc3)C2)cc1. The topological polar surface area (TPSA) is 59.1 Å². The van der Waals surface area contributed by atoms with Crippen molar-refractivity contribution in [2.45, 2.75) is 23.9 Å². The Morgan fingerprint density at radius 1 is 0.825 bits per heavy atom. The predicted molar refractivity (Wildman–Crippen MR) is 158 cm³/mol. The van der Waals surface area contributed by atoms with Crippen LogP contribution in [0.3, 0.4) is 0 Å². The molecule has 7 heteroatoms. The molecule has 5 rings (SSSR count). The van der Waals surface area contributed by atoms with E-state index in [1.165, 1.54) is 0 Å². The van der Waals surface area contributed by atoms with Crippen molar-refractivity contribution in [2.24, 2.45) is 0 Å². The third-order valence-electron chi connectivity index (χ3n) is 6.95. The van der Waals surface area contributed by atoms with Gasteiger partial charge in [-0.05, 0) is 0 Å². The van der Waals surface area contributed by atoms with Crippen molar-refractivity contribution in [3.63, 3.8) is 0 Å². The summed E-state index contributed by atoms with van der Waals surface area (Å²) in [6.45, 7) is 1.41. The van der Waals surface area contributed by atoms with Crippen LogP contribution in [0.1, 0.15) is 17.5 Å². The van der Waals surface area contributed by atoms with E-state index in [1.807, 2.05) is 108 Å². The molecule has 1 saturated heterocycles. The van der Waals surface area contributed by atoms with Crippen molar-refractivity contribution in [3.8, 4) is 5.75 Å². The number of amides is 2. The average molecular weight is 600 g/mol. The number of carbonyl (C=O) groups is 2. The van der Waals surface area contributed by atoms with Crippen LogP contribution in [0.2, 0.25) is 4.31 Å². The Morgan fingerprint density at radius 3 is 2.05 bits per heavy atom. The second-order valence-electron chi connectivity index (χ2n) is 9.70. The Bertz CT molecular complexity index is 1400. The standard InChI is InChI=1S/C33H32N2O4Se/c1-38-29-19-17-28(18-20-29)35(23-26-11-5-2-6-12-26)31(36)33(40-30-15-9-4-10-16-30)21-22-34(25-33)32(37)39-24-27-13-7-3-8-14-27/h2-20H,21-25H2,1H3. The molecule has 1 unspecified atom stereocenters. The fourth-order valence-corrected chi connectivity index (χ4v) is 7.66. The maximum absolute atomic E-state index is 14.7. The normalized spacial score (nSPS) is 16.4. The molecule has 0 bridgehead atoms. The first-order valence-electron chi connectivity index (χ1n) is 13.3. The summed E-state index contributed by atoms with van der Waals surface area (Å²) in [5.74, 6) is 0.746. The number of methoxy groups -OCH3 is 1. The Hall–Kier alpha value is -4.06. The monoisotopic (exact) mass is 600 g/mol. The third-order valence-corrected chi connectivity index (χ3v) is 9.90. The van der Waals surface area contributed by atoms with Crippen LogP contribution >= 0.6 is 0 Å². The number of hydrogen-bond donors (Lipinski definition) is 0. The first-order chi connectivity index (χ1) is 19.6. The summed E-state index contributed by atoms with van der Waals surface area (Å²) >= 11 is -0.221. The van der Waals surface area contributed by atoms with Crippen LogP contribution < -0.4 is 14.1 Å². The molecule has 1 heterocycles. The molecular formula is C33H32N2O4Se. The molecule has 4 aromatic carbocycles. The number of likely N-dealkylation sites (tertiary alicyclic amines) is 1. The number of ether oxygens (including phenoxy) is 2. The Morgan fingerprint density at radius 2 is 1.43 bits per heavy atom. The molecule has 0 aromatic heterocycles. The summed E-state index contributed by atoms with van der Waals surface area (Å²) < 4.78 is 11.4. The number of hydrogen-bond acceptors (Lipinski definition) is 4. The minimum absolute atomic E-state index is 0.0173. The molecule has 0 spiro atoms. The van der Waals surface area contributed by atoms with Gasteiger partial charge in [-0.1, -0.05) is 0 Å². The number of rotatable bonds is 9. The van der Waals surface area contributed by atoms with E-state index in [0.717, 1.165) is 27.0 Å². The van der Waals surface area contributed by atoms with Gasteiger partial charge in [0.25, 0.3) is 0 Å². The Labute approximate surface area is 241 Å². The molecule has 1 aliphatic heterocycles. The van der Waals surface area contributed by atoms with Crippen LogP contribution in [0.4, 0.5) is 10.5 Å². The van der Waals surface area contributed by atoms with E-state index >= 15 is 0 Å². The third kappa shape index (κ3) is 6.56. The molecule has 1 fully saturated rings. The summed E-state index contributed by atoms with van der Waals surface area (Å²) in [5, 5.41) is 0. The number of nitrogens with zero attached hydrogens (tertiary/aromatic N) is 2. The molecule has 6 nitrogen and oxygen atoms in total. The van der Waals surface area contributed by atoms with Gasteiger partial charge in [0.15, 0.2) is 0 Å². The van der Waals surface area contributed by atoms with Gasteiger partial charge in [-0.2, -0.15) is 0 Å². The summed E-state index contributed by atoms with van der Waals surface area (Å²) in [6.07, 6.45) is 0.184. The minimum atomic E-state index is -0.741. The van der Waals surface area contributed by atoms with E-state index < -0.39 is 4.31 Å². The van der Waals surface area contributed by atoms with Crippen molar-refractivity contribution in [1.82, 2.24) is 4.90 Å². The number of carbonyl (C=O) groups excluding carboxylic acids is 2. The van der Waals surface area contributed by atoms with Crippen molar-refractivity contribution in [1.29, 1.82) is 0 Å². The number of benzene rings is 4.